The summed E-state index contributed by atoms with van der Waals surface area (Å²) < 4.78 is 49.8. The van der Waals surface area contributed by atoms with Crippen LogP contribution in [0.5, 0.6) is 11.5 Å². The van der Waals surface area contributed by atoms with Crippen LogP contribution in [0.3, 0.4) is 0 Å². The van der Waals surface area contributed by atoms with Gasteiger partial charge in [0.25, 0.3) is 5.91 Å². The average molecular weight is 406 g/mol. The van der Waals surface area contributed by atoms with E-state index in [-0.39, 0.29) is 5.69 Å². The number of nitrogens with zero attached hydrogens (tertiary/aromatic N) is 2. The van der Waals surface area contributed by atoms with E-state index in [1.54, 1.807) is 12.1 Å². The number of carbonyl (C=O) groups is 1. The number of ether oxygens (including phenoxy) is 2. The normalized spacial score (nSPS) is 13.7. The van der Waals surface area contributed by atoms with Gasteiger partial charge in [0.05, 0.1) is 4.47 Å². The molecule has 0 radical (unpaired) electrons. The van der Waals surface area contributed by atoms with Gasteiger partial charge in [0.2, 0.25) is 0 Å². The number of hydrogen-bond donors (Lipinski definition) is 1. The maximum Gasteiger partial charge on any atom is 0.434 e. The number of aromatic nitrogens is 2. The van der Waals surface area contributed by atoms with Crippen LogP contribution < -0.4 is 14.8 Å². The van der Waals surface area contributed by atoms with Crippen molar-refractivity contribution in [2.75, 3.05) is 18.5 Å². The number of nitrogens with one attached hydrogen (secondary N) is 1. The van der Waals surface area contributed by atoms with Gasteiger partial charge >= 0.3 is 6.18 Å². The molecule has 24 heavy (non-hydrogen) atoms. The Morgan fingerprint density at radius 2 is 1.96 bits per heavy atom. The molecule has 1 N–H and O–H groups in total. The molecule has 2 heterocycles. The van der Waals surface area contributed by atoms with Gasteiger partial charge in [-0.1, -0.05) is 0 Å². The van der Waals surface area contributed by atoms with Crippen LogP contribution in [0.1, 0.15) is 16.2 Å². The zero-order valence-electron chi connectivity index (χ0n) is 12.3. The first-order valence-electron chi connectivity index (χ1n) is 6.78. The molecule has 10 heteroatoms. The second kappa shape index (κ2) is 6.00. The summed E-state index contributed by atoms with van der Waals surface area (Å²) in [6.45, 7) is 0.810. The molecule has 0 unspecified atom stereocenters. The molecule has 6 nitrogen and oxygen atoms in total. The number of anilines is 1. The summed E-state index contributed by atoms with van der Waals surface area (Å²) in [5, 5.41) is 6.14. The minimum atomic E-state index is -4.63. The second-order valence-corrected chi connectivity index (χ2v) is 5.74. The molecule has 0 saturated heterocycles. The summed E-state index contributed by atoms with van der Waals surface area (Å²) in [6.07, 6.45) is -4.63. The van der Waals surface area contributed by atoms with Crippen LogP contribution in [0.15, 0.2) is 22.7 Å². The summed E-state index contributed by atoms with van der Waals surface area (Å²) in [5.41, 5.74) is -1.04. The molecule has 1 aromatic heterocycles. The van der Waals surface area contributed by atoms with Gasteiger partial charge < -0.3 is 14.8 Å². The molecule has 1 aromatic carbocycles. The van der Waals surface area contributed by atoms with Crippen molar-refractivity contribution in [2.45, 2.75) is 6.18 Å². The van der Waals surface area contributed by atoms with Gasteiger partial charge in [0.15, 0.2) is 22.9 Å². The van der Waals surface area contributed by atoms with Gasteiger partial charge in [-0.2, -0.15) is 18.3 Å². The molecular weight excluding hydrogens is 395 g/mol. The molecule has 0 spiro atoms. The Morgan fingerprint density at radius 3 is 2.58 bits per heavy atom. The topological polar surface area (TPSA) is 65.4 Å². The Morgan fingerprint density at radius 1 is 1.29 bits per heavy atom. The third-order valence-corrected chi connectivity index (χ3v) is 4.02. The highest BCUT2D eigenvalue weighted by Gasteiger charge is 2.39. The number of rotatable bonds is 2. The number of fused-ring (bicyclic) bond motifs is 1. The van der Waals surface area contributed by atoms with Crippen LogP contribution in [0.2, 0.25) is 0 Å². The maximum atomic E-state index is 12.9. The van der Waals surface area contributed by atoms with E-state index in [0.717, 1.165) is 7.05 Å². The van der Waals surface area contributed by atoms with Gasteiger partial charge in [-0.15, -0.1) is 0 Å². The lowest BCUT2D eigenvalue weighted by atomic mass is 10.2. The fourth-order valence-corrected chi connectivity index (χ4v) is 3.00. The van der Waals surface area contributed by atoms with Crippen molar-refractivity contribution < 1.29 is 27.4 Å². The van der Waals surface area contributed by atoms with Gasteiger partial charge in [-0.05, 0) is 28.1 Å². The molecule has 3 rings (SSSR count). The summed E-state index contributed by atoms with van der Waals surface area (Å²) in [7, 11) is 1.12. The Balaban J connectivity index is 1.86. The molecule has 128 valence electrons. The first kappa shape index (κ1) is 16.6. The van der Waals surface area contributed by atoms with Crippen LogP contribution in [0.4, 0.5) is 18.9 Å². The molecule has 0 atom stereocenters. The Hall–Kier alpha value is -2.23. The van der Waals surface area contributed by atoms with Crippen LogP contribution in [0.25, 0.3) is 0 Å². The van der Waals surface area contributed by atoms with E-state index in [4.69, 9.17) is 9.47 Å². The molecule has 1 aliphatic heterocycles. The summed E-state index contributed by atoms with van der Waals surface area (Å²) in [4.78, 5) is 12.2. The smallest absolute Gasteiger partial charge is 0.434 e. The van der Waals surface area contributed by atoms with Crippen molar-refractivity contribution in [3.05, 3.63) is 34.1 Å². The molecular formula is C14H11BrF3N3O3. The van der Waals surface area contributed by atoms with Crippen LogP contribution in [0, 0.1) is 0 Å². The molecule has 0 bridgehead atoms. The Kier molecular flexibility index (Phi) is 4.16. The van der Waals surface area contributed by atoms with E-state index in [1.807, 2.05) is 0 Å². The SMILES string of the molecule is Cn1nc(C(=O)Nc2ccc3c(c2)OCCO3)c(Br)c1C(F)(F)F. The van der Waals surface area contributed by atoms with Gasteiger partial charge in [-0.3, -0.25) is 9.48 Å². The highest BCUT2D eigenvalue weighted by atomic mass is 79.9. The van der Waals surface area contributed by atoms with Crippen molar-refractivity contribution in [3.63, 3.8) is 0 Å². The molecule has 0 aliphatic carbocycles. The largest absolute Gasteiger partial charge is 0.486 e. The van der Waals surface area contributed by atoms with Crippen molar-refractivity contribution in [1.82, 2.24) is 9.78 Å². The summed E-state index contributed by atoms with van der Waals surface area (Å²) in [6, 6.07) is 4.71. The first-order chi connectivity index (χ1) is 11.3. The van der Waals surface area contributed by atoms with Crippen molar-refractivity contribution >= 4 is 27.5 Å². The van der Waals surface area contributed by atoms with E-state index in [2.05, 4.69) is 26.3 Å². The first-order valence-corrected chi connectivity index (χ1v) is 7.57. The highest BCUT2D eigenvalue weighted by Crippen LogP contribution is 2.37. The Labute approximate surface area is 142 Å². The van der Waals surface area contributed by atoms with Crippen LogP contribution in [-0.2, 0) is 13.2 Å². The number of amides is 1. The minimum absolute atomic E-state index is 0.357. The average Bonchev–Trinajstić information content (AvgIpc) is 2.82. The van der Waals surface area contributed by atoms with E-state index < -0.39 is 22.3 Å². The van der Waals surface area contributed by atoms with Gasteiger partial charge in [0, 0.05) is 18.8 Å². The molecule has 1 amide bonds. The molecule has 0 saturated carbocycles. The lowest BCUT2D eigenvalue weighted by Crippen LogP contribution is -2.17. The van der Waals surface area contributed by atoms with E-state index in [0.29, 0.717) is 35.1 Å². The monoisotopic (exact) mass is 405 g/mol. The number of aryl methyl sites for hydroxylation is 1. The lowest BCUT2D eigenvalue weighted by molar-refractivity contribution is -0.144. The highest BCUT2D eigenvalue weighted by molar-refractivity contribution is 9.10. The van der Waals surface area contributed by atoms with Crippen LogP contribution >= 0.6 is 15.9 Å². The molecule has 2 aromatic rings. The number of halogens is 4. The van der Waals surface area contributed by atoms with Gasteiger partial charge in [0.1, 0.15) is 13.2 Å². The van der Waals surface area contributed by atoms with E-state index in [1.165, 1.54) is 6.07 Å². The zero-order chi connectivity index (χ0) is 17.5. The lowest BCUT2D eigenvalue weighted by Gasteiger charge is -2.18. The quantitative estimate of drug-likeness (QED) is 0.832. The fourth-order valence-electron chi connectivity index (χ4n) is 2.26. The van der Waals surface area contributed by atoms with E-state index >= 15 is 0 Å². The third-order valence-electron chi connectivity index (χ3n) is 3.27. The van der Waals surface area contributed by atoms with Crippen molar-refractivity contribution in [2.24, 2.45) is 7.05 Å². The third kappa shape index (κ3) is 3.05. The second-order valence-electron chi connectivity index (χ2n) is 4.95. The fraction of sp³-hybridized carbons (Fsp3) is 0.286. The maximum absolute atomic E-state index is 12.9. The molecule has 1 aliphatic rings. The number of carbonyl (C=O) groups excluding carboxylic acids is 1. The number of benzene rings is 1. The minimum Gasteiger partial charge on any atom is -0.486 e. The summed E-state index contributed by atoms with van der Waals surface area (Å²) >= 11 is 2.80. The Bertz CT molecular complexity index is 805. The number of alkyl halides is 3. The zero-order valence-corrected chi connectivity index (χ0v) is 13.9. The van der Waals surface area contributed by atoms with Gasteiger partial charge in [-0.25, -0.2) is 0 Å². The number of hydrogen-bond acceptors (Lipinski definition) is 4. The standard InChI is InChI=1S/C14H11BrF3N3O3/c1-21-12(14(16,17)18)10(15)11(20-21)13(22)19-7-2-3-8-9(6-7)24-5-4-23-8/h2-3,6H,4-5H2,1H3,(H,19,22). The van der Waals surface area contributed by atoms with Crippen molar-refractivity contribution in [3.8, 4) is 11.5 Å². The summed E-state index contributed by atoms with van der Waals surface area (Å²) in [5.74, 6) is 0.220. The van der Waals surface area contributed by atoms with Crippen LogP contribution in [-0.4, -0.2) is 28.9 Å². The predicted molar refractivity (Wildman–Crippen MR) is 81.3 cm³/mol. The molecule has 0 fully saturated rings. The van der Waals surface area contributed by atoms with Crippen molar-refractivity contribution in [1.29, 1.82) is 0 Å². The predicted octanol–water partition coefficient (Wildman–Crippen LogP) is 3.22. The van der Waals surface area contributed by atoms with E-state index in [9.17, 15) is 18.0 Å².